The maximum Gasteiger partial charge on any atom is 0.254 e. The van der Waals surface area contributed by atoms with E-state index in [4.69, 9.17) is 22.7 Å². The molecule has 0 heterocycles. The summed E-state index contributed by atoms with van der Waals surface area (Å²) < 4.78 is 5.16. The molecule has 1 aromatic rings. The van der Waals surface area contributed by atoms with Crippen LogP contribution in [0.15, 0.2) is 24.3 Å². The predicted molar refractivity (Wildman–Crippen MR) is 85.2 cm³/mol. The number of ether oxygens (including phenoxy) is 1. The number of methoxy groups -OCH3 is 1. The topological polar surface area (TPSA) is 55.6 Å². The van der Waals surface area contributed by atoms with Crippen molar-refractivity contribution in [3.05, 3.63) is 29.8 Å². The molecule has 0 saturated heterocycles. The molecule has 0 aliphatic heterocycles. The smallest absolute Gasteiger partial charge is 0.254 e. The first kappa shape index (κ1) is 16.4. The van der Waals surface area contributed by atoms with Crippen molar-refractivity contribution in [1.82, 2.24) is 4.90 Å². The molecule has 1 rings (SSSR count). The minimum atomic E-state index is -0.301. The van der Waals surface area contributed by atoms with E-state index in [0.29, 0.717) is 29.3 Å². The van der Waals surface area contributed by atoms with Gasteiger partial charge >= 0.3 is 0 Å². The number of carbonyl (C=O) groups excluding carboxylic acids is 1. The van der Waals surface area contributed by atoms with Crippen LogP contribution in [-0.2, 0) is 0 Å². The Labute approximate surface area is 125 Å². The van der Waals surface area contributed by atoms with Gasteiger partial charge in [0.15, 0.2) is 0 Å². The van der Waals surface area contributed by atoms with E-state index in [1.807, 2.05) is 26.8 Å². The number of carbonyl (C=O) groups is 1. The van der Waals surface area contributed by atoms with Crippen molar-refractivity contribution in [2.24, 2.45) is 5.73 Å². The molecule has 0 radical (unpaired) electrons. The summed E-state index contributed by atoms with van der Waals surface area (Å²) in [6.45, 7) is 6.48. The van der Waals surface area contributed by atoms with Crippen molar-refractivity contribution in [1.29, 1.82) is 0 Å². The number of hydrogen-bond donors (Lipinski definition) is 1. The lowest BCUT2D eigenvalue weighted by Gasteiger charge is -2.36. The van der Waals surface area contributed by atoms with Crippen LogP contribution >= 0.6 is 12.2 Å². The van der Waals surface area contributed by atoms with Crippen LogP contribution in [0, 0.1) is 0 Å². The molecular weight excluding hydrogens is 272 g/mol. The molecule has 0 unspecified atom stereocenters. The molecule has 0 aliphatic rings. The van der Waals surface area contributed by atoms with Gasteiger partial charge < -0.3 is 15.4 Å². The number of nitrogens with two attached hydrogens (primary N) is 1. The lowest BCUT2D eigenvalue weighted by Crippen LogP contribution is -2.46. The summed E-state index contributed by atoms with van der Waals surface area (Å²) in [5, 5.41) is 0. The molecule has 0 bridgehead atoms. The summed E-state index contributed by atoms with van der Waals surface area (Å²) in [5.74, 6) is 0.617. The highest BCUT2D eigenvalue weighted by atomic mass is 32.1. The van der Waals surface area contributed by atoms with Crippen molar-refractivity contribution < 1.29 is 9.53 Å². The van der Waals surface area contributed by atoms with Crippen molar-refractivity contribution in [3.8, 4) is 5.75 Å². The quantitative estimate of drug-likeness (QED) is 0.848. The Hall–Kier alpha value is -1.62. The summed E-state index contributed by atoms with van der Waals surface area (Å²) in [6.07, 6.45) is 0.516. The molecule has 1 aromatic carbocycles. The van der Waals surface area contributed by atoms with Gasteiger partial charge in [0.1, 0.15) is 5.75 Å². The van der Waals surface area contributed by atoms with Gasteiger partial charge in [-0.25, -0.2) is 0 Å². The Morgan fingerprint density at radius 3 is 2.55 bits per heavy atom. The third-order valence-corrected chi connectivity index (χ3v) is 3.16. The lowest BCUT2D eigenvalue weighted by molar-refractivity contribution is 0.0591. The van der Waals surface area contributed by atoms with Crippen LogP contribution in [0.5, 0.6) is 5.75 Å². The van der Waals surface area contributed by atoms with E-state index in [9.17, 15) is 4.79 Å². The van der Waals surface area contributed by atoms with Gasteiger partial charge in [-0.1, -0.05) is 18.3 Å². The van der Waals surface area contributed by atoms with Gasteiger partial charge in [-0.3, -0.25) is 4.79 Å². The monoisotopic (exact) mass is 294 g/mol. The number of benzene rings is 1. The number of hydrogen-bond acceptors (Lipinski definition) is 3. The van der Waals surface area contributed by atoms with Gasteiger partial charge in [0.05, 0.1) is 12.1 Å². The summed E-state index contributed by atoms with van der Waals surface area (Å²) in [6, 6.07) is 7.14. The second-order valence-electron chi connectivity index (χ2n) is 5.58. The van der Waals surface area contributed by atoms with Gasteiger partial charge in [-0.2, -0.15) is 0 Å². The Balaban J connectivity index is 3.00. The summed E-state index contributed by atoms with van der Waals surface area (Å²) >= 11 is 4.90. The van der Waals surface area contributed by atoms with Gasteiger partial charge in [0, 0.05) is 24.1 Å². The van der Waals surface area contributed by atoms with Crippen LogP contribution in [0.2, 0.25) is 0 Å². The molecule has 0 saturated carbocycles. The summed E-state index contributed by atoms with van der Waals surface area (Å²) in [5.41, 5.74) is 5.84. The van der Waals surface area contributed by atoms with Crippen LogP contribution in [0.4, 0.5) is 0 Å². The van der Waals surface area contributed by atoms with Crippen LogP contribution in [0.25, 0.3) is 0 Å². The molecule has 4 nitrogen and oxygen atoms in total. The Kier molecular flexibility index (Phi) is 5.51. The fraction of sp³-hybridized carbons (Fsp3) is 0.467. The van der Waals surface area contributed by atoms with E-state index in [1.165, 1.54) is 0 Å². The highest BCUT2D eigenvalue weighted by Crippen LogP contribution is 2.20. The molecule has 0 atom stereocenters. The van der Waals surface area contributed by atoms with E-state index < -0.39 is 0 Å². The number of amides is 1. The lowest BCUT2D eigenvalue weighted by atomic mass is 10.0. The molecule has 1 amide bonds. The molecule has 2 N–H and O–H groups in total. The van der Waals surface area contributed by atoms with E-state index in [2.05, 4.69) is 0 Å². The molecule has 0 spiro atoms. The average molecular weight is 294 g/mol. The van der Waals surface area contributed by atoms with Crippen LogP contribution in [0.1, 0.15) is 37.6 Å². The standard InChI is InChI=1S/C15H22N2O2S/c1-15(2,3)17(9-8-13(16)20)14(18)11-6-5-7-12(10-11)19-4/h5-7,10H,8-9H2,1-4H3,(H2,16,20). The number of nitrogens with zero attached hydrogens (tertiary/aromatic N) is 1. The van der Waals surface area contributed by atoms with Gasteiger partial charge in [0.25, 0.3) is 5.91 Å². The molecule has 0 aliphatic carbocycles. The minimum absolute atomic E-state index is 0.0485. The van der Waals surface area contributed by atoms with E-state index in [1.54, 1.807) is 30.2 Å². The predicted octanol–water partition coefficient (Wildman–Crippen LogP) is 2.61. The zero-order valence-electron chi connectivity index (χ0n) is 12.5. The van der Waals surface area contributed by atoms with Gasteiger partial charge in [0.2, 0.25) is 0 Å². The average Bonchev–Trinajstić information content (AvgIpc) is 2.36. The van der Waals surface area contributed by atoms with Crippen LogP contribution in [-0.4, -0.2) is 35.0 Å². The molecule has 0 aromatic heterocycles. The fourth-order valence-electron chi connectivity index (χ4n) is 1.88. The van der Waals surface area contributed by atoms with Gasteiger partial charge in [-0.05, 0) is 39.0 Å². The first-order valence-electron chi connectivity index (χ1n) is 6.50. The fourth-order valence-corrected chi connectivity index (χ4v) is 1.97. The molecule has 110 valence electrons. The first-order chi connectivity index (χ1) is 9.25. The largest absolute Gasteiger partial charge is 0.497 e. The molecule has 5 heteroatoms. The minimum Gasteiger partial charge on any atom is -0.497 e. The molecule has 0 fully saturated rings. The van der Waals surface area contributed by atoms with Crippen molar-refractivity contribution >= 4 is 23.1 Å². The molecule has 20 heavy (non-hydrogen) atoms. The Morgan fingerprint density at radius 2 is 2.05 bits per heavy atom. The summed E-state index contributed by atoms with van der Waals surface area (Å²) in [4.78, 5) is 14.9. The van der Waals surface area contributed by atoms with Crippen LogP contribution < -0.4 is 10.5 Å². The zero-order valence-corrected chi connectivity index (χ0v) is 13.3. The maximum atomic E-state index is 12.7. The third-order valence-electron chi connectivity index (χ3n) is 2.95. The third kappa shape index (κ3) is 4.49. The maximum absolute atomic E-state index is 12.7. The highest BCUT2D eigenvalue weighted by molar-refractivity contribution is 7.80. The van der Waals surface area contributed by atoms with Crippen LogP contribution in [0.3, 0.4) is 0 Å². The molecular formula is C15H22N2O2S. The van der Waals surface area contributed by atoms with Gasteiger partial charge in [-0.15, -0.1) is 0 Å². The second kappa shape index (κ2) is 6.70. The van der Waals surface area contributed by atoms with Crippen molar-refractivity contribution in [2.75, 3.05) is 13.7 Å². The number of thiocarbonyl (C=S) groups is 1. The van der Waals surface area contributed by atoms with E-state index in [-0.39, 0.29) is 11.4 Å². The highest BCUT2D eigenvalue weighted by Gasteiger charge is 2.27. The number of rotatable bonds is 5. The SMILES string of the molecule is COc1cccc(C(=O)N(CCC(N)=S)C(C)(C)C)c1. The normalized spacial score (nSPS) is 11.0. The van der Waals surface area contributed by atoms with Crippen molar-refractivity contribution in [3.63, 3.8) is 0 Å². The van der Waals surface area contributed by atoms with Crippen molar-refractivity contribution in [2.45, 2.75) is 32.7 Å². The van der Waals surface area contributed by atoms with E-state index in [0.717, 1.165) is 0 Å². The summed E-state index contributed by atoms with van der Waals surface area (Å²) in [7, 11) is 1.58. The second-order valence-corrected chi connectivity index (χ2v) is 6.10. The first-order valence-corrected chi connectivity index (χ1v) is 6.91. The zero-order chi connectivity index (χ0) is 15.3. The Morgan fingerprint density at radius 1 is 1.40 bits per heavy atom. The Bertz CT molecular complexity index is 495. The van der Waals surface area contributed by atoms with E-state index >= 15 is 0 Å².